The standard InChI is InChI=1S/C2H7N.CH3O.ClH.Mn/c1-3-2;1-2;;/h3H,1-2H3;1H3;1H;/q;-1;;+1. The molecule has 0 aromatic heterocycles. The molecule has 0 aliphatic carbocycles. The Bertz CT molecular complexity index is 16.9. The summed E-state index contributed by atoms with van der Waals surface area (Å²) >= 11 is 2.65. The molecular weight excluding hydrogens is 156 g/mol. The Morgan fingerprint density at radius 2 is 1.43 bits per heavy atom. The molecule has 0 heterocycles. The quantitative estimate of drug-likeness (QED) is 0.526. The summed E-state index contributed by atoms with van der Waals surface area (Å²) in [4.78, 5) is 0. The first-order valence-corrected chi connectivity index (χ1v) is 2.04. The maximum absolute atomic E-state index is 4.06. The van der Waals surface area contributed by atoms with Crippen molar-refractivity contribution in [1.82, 2.24) is 5.32 Å². The average Bonchev–Trinajstić information content (AvgIpc) is 1.39. The van der Waals surface area contributed by atoms with Gasteiger partial charge in [0.05, 0.1) is 0 Å². The van der Waals surface area contributed by atoms with Crippen LogP contribution in [0.25, 0.3) is 0 Å². The zero-order valence-electron chi connectivity index (χ0n) is 4.69. The second kappa shape index (κ2) is 29.7. The number of nitrogens with one attached hydrogen (secondary N) is 1. The van der Waals surface area contributed by atoms with Crippen LogP contribution in [0.15, 0.2) is 0 Å². The summed E-state index contributed by atoms with van der Waals surface area (Å²) in [5, 5.41) is 2.75. The van der Waals surface area contributed by atoms with Crippen molar-refractivity contribution in [3.63, 3.8) is 0 Å². The van der Waals surface area contributed by atoms with E-state index in [-0.39, 0.29) is 12.4 Å². The minimum Gasteiger partial charge on any atom is -0.147 e. The largest absolute Gasteiger partial charge is 0.147 e. The van der Waals surface area contributed by atoms with Crippen LogP contribution in [0, 0.1) is 0 Å². The minimum absolute atomic E-state index is 0. The van der Waals surface area contributed by atoms with Gasteiger partial charge in [-0.15, -0.1) is 12.4 Å². The fraction of sp³-hybridized carbons (Fsp3) is 1.00. The van der Waals surface area contributed by atoms with Crippen molar-refractivity contribution in [2.45, 2.75) is 0 Å². The van der Waals surface area contributed by atoms with Gasteiger partial charge < -0.3 is 5.32 Å². The molecule has 0 amide bonds. The van der Waals surface area contributed by atoms with E-state index < -0.39 is 0 Å². The van der Waals surface area contributed by atoms with Crippen LogP contribution in [-0.2, 0) is 20.2 Å². The molecular formula is C3H11ClMnNO. The van der Waals surface area contributed by atoms with Crippen molar-refractivity contribution >= 4 is 12.4 Å². The van der Waals surface area contributed by atoms with Crippen LogP contribution in [0.5, 0.6) is 0 Å². The molecule has 4 heteroatoms. The normalized spacial score (nSPS) is 5.14. The second-order valence-corrected chi connectivity index (χ2v) is 1.14. The summed E-state index contributed by atoms with van der Waals surface area (Å²) in [7, 11) is 5.29. The molecule has 1 N–H and O–H groups in total. The van der Waals surface area contributed by atoms with Gasteiger partial charge in [0.1, 0.15) is 0 Å². The molecule has 7 heavy (non-hydrogen) atoms. The molecule has 48 valence electrons. The Kier molecular flexibility index (Phi) is 66.3. The van der Waals surface area contributed by atoms with E-state index in [2.05, 4.69) is 25.5 Å². The Labute approximate surface area is 59.6 Å². The van der Waals surface area contributed by atoms with Gasteiger partial charge >= 0.3 is 27.3 Å². The van der Waals surface area contributed by atoms with Crippen molar-refractivity contribution in [3.8, 4) is 0 Å². The summed E-state index contributed by atoms with van der Waals surface area (Å²) in [6.45, 7) is 0. The van der Waals surface area contributed by atoms with Gasteiger partial charge in [-0.25, -0.2) is 0 Å². The maximum Gasteiger partial charge on any atom is -0.147 e. The molecule has 0 bridgehead atoms. The molecule has 0 unspecified atom stereocenters. The molecule has 0 atom stereocenters. The fourth-order valence-corrected chi connectivity index (χ4v) is 0. The van der Waals surface area contributed by atoms with Gasteiger partial charge in [-0.05, 0) is 14.1 Å². The molecule has 0 aromatic carbocycles. The predicted octanol–water partition coefficient (Wildman–Crippen LogP) is 0.352. The smallest absolute Gasteiger partial charge is 0.147 e. The maximum atomic E-state index is 4.06. The van der Waals surface area contributed by atoms with E-state index in [1.54, 1.807) is 7.11 Å². The zero-order chi connectivity index (χ0) is 5.41. The van der Waals surface area contributed by atoms with E-state index in [0.29, 0.717) is 0 Å². The number of rotatable bonds is 0. The number of halogens is 1. The van der Waals surface area contributed by atoms with Gasteiger partial charge in [0.25, 0.3) is 0 Å². The zero-order valence-corrected chi connectivity index (χ0v) is 6.69. The van der Waals surface area contributed by atoms with Crippen LogP contribution >= 0.6 is 12.4 Å². The van der Waals surface area contributed by atoms with Gasteiger partial charge in [0.15, 0.2) is 0 Å². The van der Waals surface area contributed by atoms with E-state index in [1.165, 1.54) is 0 Å². The minimum atomic E-state index is 0. The summed E-state index contributed by atoms with van der Waals surface area (Å²) in [5.74, 6) is 0. The second-order valence-electron chi connectivity index (χ2n) is 0.654. The van der Waals surface area contributed by atoms with Crippen LogP contribution in [-0.4, -0.2) is 21.2 Å². The first-order valence-electron chi connectivity index (χ1n) is 1.56. The Balaban J connectivity index is -0.0000000400. The van der Waals surface area contributed by atoms with Crippen LogP contribution in [0.4, 0.5) is 0 Å². The van der Waals surface area contributed by atoms with Gasteiger partial charge in [-0.1, -0.05) is 0 Å². The average molecular weight is 168 g/mol. The van der Waals surface area contributed by atoms with E-state index in [4.69, 9.17) is 0 Å². The Morgan fingerprint density at radius 3 is 1.43 bits per heavy atom. The van der Waals surface area contributed by atoms with E-state index in [9.17, 15) is 0 Å². The molecule has 2 nitrogen and oxygen atoms in total. The van der Waals surface area contributed by atoms with E-state index >= 15 is 0 Å². The third kappa shape index (κ3) is 283. The molecule has 0 aromatic rings. The van der Waals surface area contributed by atoms with Crippen molar-refractivity contribution in [1.29, 1.82) is 0 Å². The summed E-state index contributed by atoms with van der Waals surface area (Å²) in [5.41, 5.74) is 0. The van der Waals surface area contributed by atoms with Gasteiger partial charge in [0, 0.05) is 0 Å². The molecule has 0 saturated carbocycles. The Morgan fingerprint density at radius 1 is 1.43 bits per heavy atom. The monoisotopic (exact) mass is 167 g/mol. The molecule has 0 radical (unpaired) electrons. The first kappa shape index (κ1) is 15.6. The van der Waals surface area contributed by atoms with Crippen LogP contribution in [0.2, 0.25) is 0 Å². The molecule has 0 fully saturated rings. The molecule has 0 spiro atoms. The van der Waals surface area contributed by atoms with E-state index in [0.717, 1.165) is 0 Å². The van der Waals surface area contributed by atoms with Crippen molar-refractivity contribution < 1.29 is 20.2 Å². The molecule has 0 rings (SSSR count). The summed E-state index contributed by atoms with van der Waals surface area (Å²) < 4.78 is 4.06. The van der Waals surface area contributed by atoms with Crippen molar-refractivity contribution in [3.05, 3.63) is 0 Å². The van der Waals surface area contributed by atoms with Crippen LogP contribution in [0.3, 0.4) is 0 Å². The molecule has 0 aliphatic heterocycles. The molecule has 0 saturated heterocycles. The predicted molar refractivity (Wildman–Crippen MR) is 29.2 cm³/mol. The van der Waals surface area contributed by atoms with Gasteiger partial charge in [0.2, 0.25) is 0 Å². The topological polar surface area (TPSA) is 21.3 Å². The van der Waals surface area contributed by atoms with Crippen LogP contribution < -0.4 is 5.32 Å². The summed E-state index contributed by atoms with van der Waals surface area (Å²) in [6, 6.07) is 0. The molecule has 0 aliphatic rings. The van der Waals surface area contributed by atoms with Gasteiger partial charge in [-0.2, -0.15) is 0 Å². The SMILES string of the molecule is CNC.C[O][Mn].Cl. The fourth-order valence-electron chi connectivity index (χ4n) is 0. The van der Waals surface area contributed by atoms with Crippen LogP contribution in [0.1, 0.15) is 0 Å². The number of hydrogen-bond donors (Lipinski definition) is 1. The Hall–Kier alpha value is 0.729. The van der Waals surface area contributed by atoms with Gasteiger partial charge in [-0.3, -0.25) is 0 Å². The first-order chi connectivity index (χ1) is 2.83. The van der Waals surface area contributed by atoms with Crippen molar-refractivity contribution in [2.75, 3.05) is 21.2 Å². The van der Waals surface area contributed by atoms with Crippen molar-refractivity contribution in [2.24, 2.45) is 0 Å². The number of hydrogen-bond acceptors (Lipinski definition) is 2. The third-order valence-corrected chi connectivity index (χ3v) is 0. The third-order valence-electron chi connectivity index (χ3n) is 0. The van der Waals surface area contributed by atoms with E-state index in [1.807, 2.05) is 14.1 Å². The summed E-state index contributed by atoms with van der Waals surface area (Å²) in [6.07, 6.45) is 0.